The number of benzene rings is 2. The first kappa shape index (κ1) is 31.8. The number of rotatable bonds is 13. The zero-order valence-corrected chi connectivity index (χ0v) is 26.0. The first-order valence-corrected chi connectivity index (χ1v) is 15.1. The van der Waals surface area contributed by atoms with Crippen LogP contribution in [0, 0.1) is 3.57 Å². The zero-order valence-electron chi connectivity index (χ0n) is 23.8. The van der Waals surface area contributed by atoms with E-state index in [4.69, 9.17) is 9.47 Å². The lowest BCUT2D eigenvalue weighted by Gasteiger charge is -2.40. The minimum Gasteiger partial charge on any atom is -0.493 e. The van der Waals surface area contributed by atoms with Gasteiger partial charge in [0, 0.05) is 49.1 Å². The summed E-state index contributed by atoms with van der Waals surface area (Å²) in [7, 11) is 1.48. The van der Waals surface area contributed by atoms with Gasteiger partial charge in [0.05, 0.1) is 29.9 Å². The van der Waals surface area contributed by atoms with Crippen LogP contribution in [-0.2, 0) is 22.6 Å². The molecule has 3 atom stereocenters. The lowest BCUT2D eigenvalue weighted by atomic mass is 9.87. The molecule has 11 heteroatoms. The number of para-hydroxylation sites is 1. The number of aliphatic hydroxyl groups excluding tert-OH is 3. The first-order chi connectivity index (χ1) is 20.3. The molecule has 0 aliphatic heterocycles. The van der Waals surface area contributed by atoms with Crippen molar-refractivity contribution in [2.45, 2.75) is 57.5 Å². The van der Waals surface area contributed by atoms with Gasteiger partial charge in [-0.2, -0.15) is 0 Å². The zero-order chi connectivity index (χ0) is 30.2. The maximum Gasteiger partial charge on any atom is 0.247 e. The molecule has 3 unspecified atom stereocenters. The number of hydrogen-bond donors (Lipinski definition) is 5. The van der Waals surface area contributed by atoms with Gasteiger partial charge in [-0.05, 0) is 70.3 Å². The molecule has 1 heterocycles. The Morgan fingerprint density at radius 3 is 2.67 bits per heavy atom. The summed E-state index contributed by atoms with van der Waals surface area (Å²) in [6.45, 7) is 1.93. The molecule has 226 valence electrons. The Morgan fingerprint density at radius 2 is 1.98 bits per heavy atom. The quantitative estimate of drug-likeness (QED) is 0.174. The van der Waals surface area contributed by atoms with Gasteiger partial charge < -0.3 is 40.0 Å². The van der Waals surface area contributed by atoms with Gasteiger partial charge in [-0.25, -0.2) is 0 Å². The molecular formula is C31H38IN3O7. The summed E-state index contributed by atoms with van der Waals surface area (Å²) in [5.74, 6) is 0.215. The molecular weight excluding hydrogens is 653 g/mol. The highest BCUT2D eigenvalue weighted by Crippen LogP contribution is 2.37. The Kier molecular flexibility index (Phi) is 11.2. The van der Waals surface area contributed by atoms with E-state index in [1.807, 2.05) is 31.2 Å². The summed E-state index contributed by atoms with van der Waals surface area (Å²) >= 11 is 2.07. The van der Waals surface area contributed by atoms with Crippen molar-refractivity contribution in [1.82, 2.24) is 15.2 Å². The topological polar surface area (TPSA) is 144 Å². The third-order valence-corrected chi connectivity index (χ3v) is 8.13. The summed E-state index contributed by atoms with van der Waals surface area (Å²) < 4.78 is 12.5. The molecule has 1 aromatic heterocycles. The molecule has 4 rings (SSSR count). The minimum absolute atomic E-state index is 0.0716. The van der Waals surface area contributed by atoms with Crippen molar-refractivity contribution in [1.29, 1.82) is 0 Å². The normalized spacial score (nSPS) is 18.4. The molecule has 3 aromatic rings. The molecule has 0 saturated carbocycles. The fourth-order valence-electron chi connectivity index (χ4n) is 5.24. The van der Waals surface area contributed by atoms with E-state index < -0.39 is 24.2 Å². The molecule has 2 aromatic carbocycles. The molecule has 0 saturated heterocycles. The van der Waals surface area contributed by atoms with Crippen LogP contribution in [0.15, 0.2) is 54.1 Å². The van der Waals surface area contributed by atoms with E-state index in [0.29, 0.717) is 52.0 Å². The molecule has 2 amide bonds. The number of nitrogens with one attached hydrogen (secondary N) is 2. The Labute approximate surface area is 258 Å². The van der Waals surface area contributed by atoms with Crippen LogP contribution in [0.25, 0.3) is 10.9 Å². The fourth-order valence-corrected chi connectivity index (χ4v) is 6.03. The number of aromatic amines is 1. The first-order valence-electron chi connectivity index (χ1n) is 14.1. The summed E-state index contributed by atoms with van der Waals surface area (Å²) in [4.78, 5) is 31.6. The van der Waals surface area contributed by atoms with Gasteiger partial charge in [0.25, 0.3) is 0 Å². The van der Waals surface area contributed by atoms with E-state index in [1.165, 1.54) is 7.11 Å². The number of nitrogens with zero attached hydrogens (tertiary/aromatic N) is 1. The summed E-state index contributed by atoms with van der Waals surface area (Å²) in [5, 5.41) is 34.3. The third-order valence-electron chi connectivity index (χ3n) is 7.33. The van der Waals surface area contributed by atoms with Gasteiger partial charge in [-0.15, -0.1) is 0 Å². The number of H-pyrrole nitrogens is 1. The van der Waals surface area contributed by atoms with Crippen LogP contribution < -0.4 is 14.8 Å². The molecule has 1 aliphatic rings. The van der Waals surface area contributed by atoms with Gasteiger partial charge in [0.15, 0.2) is 11.5 Å². The Balaban J connectivity index is 1.67. The van der Waals surface area contributed by atoms with Crippen molar-refractivity contribution in [2.24, 2.45) is 0 Å². The lowest BCUT2D eigenvalue weighted by Crippen LogP contribution is -2.55. The highest BCUT2D eigenvalue weighted by Gasteiger charge is 2.40. The number of aliphatic hydroxyl groups is 3. The molecule has 0 spiro atoms. The number of ether oxygens (including phenoxy) is 2. The van der Waals surface area contributed by atoms with Crippen LogP contribution in [0.4, 0.5) is 0 Å². The molecule has 42 heavy (non-hydrogen) atoms. The van der Waals surface area contributed by atoms with Crippen LogP contribution in [0.2, 0.25) is 0 Å². The number of methoxy groups -OCH3 is 1. The highest BCUT2D eigenvalue weighted by molar-refractivity contribution is 14.1. The Morgan fingerprint density at radius 1 is 1.19 bits per heavy atom. The molecule has 1 aliphatic carbocycles. The second kappa shape index (κ2) is 14.9. The minimum atomic E-state index is -1.15. The van der Waals surface area contributed by atoms with Crippen LogP contribution in [0.3, 0.4) is 0 Å². The van der Waals surface area contributed by atoms with Crippen LogP contribution in [-0.4, -0.2) is 82.1 Å². The average Bonchev–Trinajstić information content (AvgIpc) is 3.41. The number of carbonyl (C=O) groups excluding carboxylic acids is 2. The van der Waals surface area contributed by atoms with Crippen molar-refractivity contribution in [3.05, 3.63) is 68.9 Å². The van der Waals surface area contributed by atoms with E-state index in [9.17, 15) is 24.9 Å². The maximum atomic E-state index is 13.5. The number of carbonyl (C=O) groups is 2. The number of amides is 2. The third kappa shape index (κ3) is 7.44. The lowest BCUT2D eigenvalue weighted by molar-refractivity contribution is -0.138. The molecule has 10 nitrogen and oxygen atoms in total. The summed E-state index contributed by atoms with van der Waals surface area (Å²) in [5.41, 5.74) is 2.96. The number of fused-ring (bicyclic) bond motifs is 1. The van der Waals surface area contributed by atoms with E-state index in [0.717, 1.165) is 16.6 Å². The number of halogens is 1. The SMILES string of the molecule is CCCC(=O)N(CCc1cc2ccccc2[nH]1)C1CC(C(=O)NCCO)=CC(Oc2c(I)cc(CO)cc2OC)C1O. The molecule has 5 N–H and O–H groups in total. The molecule has 0 radical (unpaired) electrons. The second-order valence-electron chi connectivity index (χ2n) is 10.3. The van der Waals surface area contributed by atoms with E-state index >= 15 is 0 Å². The van der Waals surface area contributed by atoms with Crippen molar-refractivity contribution in [2.75, 3.05) is 26.8 Å². The number of aromatic nitrogens is 1. The smallest absolute Gasteiger partial charge is 0.247 e. The van der Waals surface area contributed by atoms with E-state index in [1.54, 1.807) is 23.1 Å². The Bertz CT molecular complexity index is 1390. The maximum absolute atomic E-state index is 13.5. The average molecular weight is 692 g/mol. The van der Waals surface area contributed by atoms with Gasteiger partial charge in [-0.3, -0.25) is 9.59 Å². The van der Waals surface area contributed by atoms with Crippen molar-refractivity contribution in [3.8, 4) is 11.5 Å². The molecule has 0 bridgehead atoms. The number of hydrogen-bond acceptors (Lipinski definition) is 7. The fraction of sp³-hybridized carbons (Fsp3) is 0.419. The van der Waals surface area contributed by atoms with Gasteiger partial charge in [0.1, 0.15) is 12.2 Å². The standard InChI is InChI=1S/C31H38IN3O7/c1-3-6-28(38)35(11-9-22-15-20-7-4-5-8-24(20)34-22)25-16-21(31(40)33-10-12-36)17-26(29(25)39)42-30-23(32)13-19(18-37)14-27(30)41-2/h4-5,7-8,13-15,17,25-26,29,34,36-37,39H,3,6,9-12,16,18H2,1-2H3,(H,33,40). The summed E-state index contributed by atoms with van der Waals surface area (Å²) in [6, 6.07) is 12.7. The Hall–Kier alpha value is -3.13. The van der Waals surface area contributed by atoms with Crippen LogP contribution >= 0.6 is 22.6 Å². The van der Waals surface area contributed by atoms with Crippen molar-refractivity contribution in [3.63, 3.8) is 0 Å². The van der Waals surface area contributed by atoms with E-state index in [2.05, 4.69) is 39.0 Å². The van der Waals surface area contributed by atoms with Gasteiger partial charge in [0.2, 0.25) is 11.8 Å². The summed E-state index contributed by atoms with van der Waals surface area (Å²) in [6.07, 6.45) is 1.03. The van der Waals surface area contributed by atoms with Crippen molar-refractivity contribution >= 4 is 45.3 Å². The van der Waals surface area contributed by atoms with Gasteiger partial charge in [-0.1, -0.05) is 25.1 Å². The largest absolute Gasteiger partial charge is 0.493 e. The van der Waals surface area contributed by atoms with Crippen molar-refractivity contribution < 1.29 is 34.4 Å². The second-order valence-corrected chi connectivity index (χ2v) is 11.4. The predicted molar refractivity (Wildman–Crippen MR) is 167 cm³/mol. The monoisotopic (exact) mass is 691 g/mol. The predicted octanol–water partition coefficient (Wildman–Crippen LogP) is 3.06. The highest BCUT2D eigenvalue weighted by atomic mass is 127. The molecule has 0 fully saturated rings. The van der Waals surface area contributed by atoms with E-state index in [-0.39, 0.29) is 32.1 Å². The van der Waals surface area contributed by atoms with Crippen LogP contribution in [0.1, 0.15) is 37.4 Å². The van der Waals surface area contributed by atoms with Crippen LogP contribution in [0.5, 0.6) is 11.5 Å². The van der Waals surface area contributed by atoms with Gasteiger partial charge >= 0.3 is 0 Å².